The van der Waals surface area contributed by atoms with Gasteiger partial charge in [-0.3, -0.25) is 4.79 Å². The van der Waals surface area contributed by atoms with Crippen LogP contribution in [0.25, 0.3) is 0 Å². The fraction of sp³-hybridized carbons (Fsp3) is 0.714. The Morgan fingerprint density at radius 1 is 1.00 bits per heavy atom. The van der Waals surface area contributed by atoms with Crippen molar-refractivity contribution in [3.63, 3.8) is 0 Å². The number of hydrogen-bond acceptors (Lipinski definition) is 5. The summed E-state index contributed by atoms with van der Waals surface area (Å²) in [5.74, 6) is -0.0621. The second-order valence-electron chi connectivity index (χ2n) is 12.4. The zero-order valence-corrected chi connectivity index (χ0v) is 24.1. The number of alkyl halides is 3. The van der Waals surface area contributed by atoms with Gasteiger partial charge in [-0.25, -0.2) is 13.2 Å². The van der Waals surface area contributed by atoms with Crippen molar-refractivity contribution in [1.82, 2.24) is 14.9 Å². The van der Waals surface area contributed by atoms with E-state index in [1.807, 2.05) is 0 Å². The highest BCUT2D eigenvalue weighted by Crippen LogP contribution is 2.41. The molecule has 3 fully saturated rings. The second-order valence-corrected chi connectivity index (χ2v) is 14.3. The third-order valence-corrected chi connectivity index (χ3v) is 10.1. The molecular formula is C28H40F3N3O5S. The van der Waals surface area contributed by atoms with Crippen LogP contribution in [0.1, 0.15) is 77.7 Å². The van der Waals surface area contributed by atoms with E-state index in [1.54, 1.807) is 20.8 Å². The molecule has 224 valence electrons. The van der Waals surface area contributed by atoms with E-state index >= 15 is 0 Å². The van der Waals surface area contributed by atoms with Gasteiger partial charge in [-0.05, 0) is 82.1 Å². The maximum atomic E-state index is 13.5. The van der Waals surface area contributed by atoms with Crippen LogP contribution >= 0.6 is 0 Å². The Morgan fingerprint density at radius 2 is 1.65 bits per heavy atom. The summed E-state index contributed by atoms with van der Waals surface area (Å²) < 4.78 is 71.9. The first kappa shape index (κ1) is 30.6. The molecule has 1 aromatic rings. The molecule has 0 unspecified atom stereocenters. The van der Waals surface area contributed by atoms with Gasteiger partial charge in [0.15, 0.2) is 0 Å². The Morgan fingerprint density at radius 3 is 2.25 bits per heavy atom. The first-order valence-corrected chi connectivity index (χ1v) is 15.5. The normalized spacial score (nSPS) is 25.3. The topological polar surface area (TPSA) is 105 Å². The highest BCUT2D eigenvalue weighted by atomic mass is 32.2. The van der Waals surface area contributed by atoms with Crippen molar-refractivity contribution < 1.29 is 35.9 Å². The Balaban J connectivity index is 1.41. The molecule has 1 aromatic carbocycles. The summed E-state index contributed by atoms with van der Waals surface area (Å²) in [4.78, 5) is 25.8. The molecule has 2 aliphatic carbocycles. The molecule has 8 nitrogen and oxygen atoms in total. The molecule has 0 aromatic heterocycles. The van der Waals surface area contributed by atoms with Crippen molar-refractivity contribution in [2.24, 2.45) is 17.8 Å². The number of alkyl carbamates (subject to hydrolysis) is 1. The number of fused-ring (bicyclic) bond motifs is 1. The van der Waals surface area contributed by atoms with Gasteiger partial charge >= 0.3 is 12.3 Å². The molecule has 2 N–H and O–H groups in total. The van der Waals surface area contributed by atoms with Gasteiger partial charge in [0.2, 0.25) is 15.9 Å². The number of benzene rings is 1. The molecule has 1 saturated heterocycles. The number of hydrogen-bond donors (Lipinski definition) is 2. The standard InChI is InChI=1S/C28H40F3N3O5S/c1-27(2,3)39-26(36)33-24(15-18-7-5-4-6-8-18)25(35)32-23-14-9-19-16-34(17-22(19)23)40(37,38)21-12-10-20(11-13-21)28(29,30)31/h10-13,18-19,22-24H,4-9,14-17H2,1-3H3,(H,32,35)(H,33,36)/t19-,22+,23+,24+/m1/s1. The van der Waals surface area contributed by atoms with Crippen molar-refractivity contribution in [3.05, 3.63) is 29.8 Å². The van der Waals surface area contributed by atoms with Gasteiger partial charge in [-0.15, -0.1) is 0 Å². The maximum Gasteiger partial charge on any atom is 0.416 e. The maximum absolute atomic E-state index is 13.5. The molecule has 4 atom stereocenters. The SMILES string of the molecule is CC(C)(C)OC(=O)N[C@@H](CC1CCCCC1)C(=O)N[C@H]1CC[C@@H]2CN(S(=O)(=O)c3ccc(C(F)(F)F)cc3)C[C@@H]21. The first-order valence-electron chi connectivity index (χ1n) is 14.1. The minimum atomic E-state index is -4.55. The van der Waals surface area contributed by atoms with Crippen LogP contribution in [0, 0.1) is 17.8 Å². The van der Waals surface area contributed by atoms with Crippen molar-refractivity contribution in [3.8, 4) is 0 Å². The van der Waals surface area contributed by atoms with Gasteiger partial charge in [0.05, 0.1) is 10.5 Å². The lowest BCUT2D eigenvalue weighted by Gasteiger charge is -2.29. The lowest BCUT2D eigenvalue weighted by molar-refractivity contribution is -0.137. The molecule has 0 spiro atoms. The zero-order chi connectivity index (χ0) is 29.3. The van der Waals surface area contributed by atoms with E-state index in [1.165, 1.54) is 10.7 Å². The Kier molecular flexibility index (Phi) is 9.09. The van der Waals surface area contributed by atoms with Gasteiger partial charge in [0, 0.05) is 19.1 Å². The van der Waals surface area contributed by atoms with E-state index in [-0.39, 0.29) is 41.8 Å². The van der Waals surface area contributed by atoms with Gasteiger partial charge in [0.25, 0.3) is 0 Å². The van der Waals surface area contributed by atoms with Crippen LogP contribution in [-0.4, -0.2) is 55.5 Å². The fourth-order valence-corrected chi connectivity index (χ4v) is 7.82. The van der Waals surface area contributed by atoms with Crippen molar-refractivity contribution >= 4 is 22.0 Å². The van der Waals surface area contributed by atoms with E-state index in [0.29, 0.717) is 18.8 Å². The van der Waals surface area contributed by atoms with Crippen LogP contribution in [0.3, 0.4) is 0 Å². The molecule has 1 aliphatic heterocycles. The lowest BCUT2D eigenvalue weighted by atomic mass is 9.84. The number of carbonyl (C=O) groups excluding carboxylic acids is 2. The summed E-state index contributed by atoms with van der Waals surface area (Å²) >= 11 is 0. The largest absolute Gasteiger partial charge is 0.444 e. The van der Waals surface area contributed by atoms with Crippen LogP contribution < -0.4 is 10.6 Å². The van der Waals surface area contributed by atoms with E-state index in [4.69, 9.17) is 4.74 Å². The molecule has 2 saturated carbocycles. The van der Waals surface area contributed by atoms with Crippen LogP contribution in [-0.2, 0) is 25.7 Å². The number of nitrogens with one attached hydrogen (secondary N) is 2. The van der Waals surface area contributed by atoms with Crippen LogP contribution in [0.15, 0.2) is 29.2 Å². The summed E-state index contributed by atoms with van der Waals surface area (Å²) in [7, 11) is -3.98. The minimum Gasteiger partial charge on any atom is -0.444 e. The molecule has 1 heterocycles. The van der Waals surface area contributed by atoms with E-state index in [2.05, 4.69) is 10.6 Å². The van der Waals surface area contributed by atoms with Gasteiger partial charge < -0.3 is 15.4 Å². The van der Waals surface area contributed by atoms with Crippen LogP contribution in [0.5, 0.6) is 0 Å². The van der Waals surface area contributed by atoms with Crippen molar-refractivity contribution in [1.29, 1.82) is 0 Å². The zero-order valence-electron chi connectivity index (χ0n) is 23.3. The first-order chi connectivity index (χ1) is 18.6. The summed E-state index contributed by atoms with van der Waals surface area (Å²) in [5.41, 5.74) is -1.61. The van der Waals surface area contributed by atoms with Crippen LogP contribution in [0.4, 0.5) is 18.0 Å². The smallest absolute Gasteiger partial charge is 0.416 e. The second kappa shape index (κ2) is 11.9. The predicted molar refractivity (Wildman–Crippen MR) is 143 cm³/mol. The average Bonchev–Trinajstić information content (AvgIpc) is 3.45. The number of halogens is 3. The number of amides is 2. The Hall–Kier alpha value is -2.34. The van der Waals surface area contributed by atoms with Crippen molar-refractivity contribution in [2.75, 3.05) is 13.1 Å². The molecule has 3 aliphatic rings. The molecule has 40 heavy (non-hydrogen) atoms. The fourth-order valence-electron chi connectivity index (χ4n) is 6.29. The summed E-state index contributed by atoms with van der Waals surface area (Å²) in [6.45, 7) is 5.69. The highest BCUT2D eigenvalue weighted by Gasteiger charge is 2.47. The Labute approximate surface area is 234 Å². The molecule has 2 amide bonds. The number of sulfonamides is 1. The van der Waals surface area contributed by atoms with E-state index in [0.717, 1.165) is 56.4 Å². The highest BCUT2D eigenvalue weighted by molar-refractivity contribution is 7.89. The van der Waals surface area contributed by atoms with Gasteiger partial charge in [0.1, 0.15) is 11.6 Å². The summed E-state index contributed by atoms with van der Waals surface area (Å²) in [6.07, 6.45) is 2.11. The summed E-state index contributed by atoms with van der Waals surface area (Å²) in [5, 5.41) is 5.85. The summed E-state index contributed by atoms with van der Waals surface area (Å²) in [6, 6.07) is 2.51. The molecule has 0 bridgehead atoms. The van der Waals surface area contributed by atoms with E-state index in [9.17, 15) is 31.2 Å². The molecule has 0 radical (unpaired) electrons. The van der Waals surface area contributed by atoms with Crippen LogP contribution in [0.2, 0.25) is 0 Å². The molecular weight excluding hydrogens is 547 g/mol. The Bertz CT molecular complexity index is 1160. The van der Waals surface area contributed by atoms with Gasteiger partial charge in [-0.2, -0.15) is 17.5 Å². The lowest BCUT2D eigenvalue weighted by Crippen LogP contribution is -2.52. The number of nitrogens with zero attached hydrogens (tertiary/aromatic N) is 1. The average molecular weight is 588 g/mol. The predicted octanol–water partition coefficient (Wildman–Crippen LogP) is 5.08. The number of ether oxygens (including phenoxy) is 1. The number of carbonyl (C=O) groups is 2. The van der Waals surface area contributed by atoms with E-state index < -0.39 is 39.5 Å². The number of rotatable bonds is 7. The third-order valence-electron chi connectivity index (χ3n) is 8.27. The van der Waals surface area contributed by atoms with Crippen molar-refractivity contribution in [2.45, 2.75) is 101 Å². The molecule has 4 rings (SSSR count). The minimum absolute atomic E-state index is 0.0325. The third kappa shape index (κ3) is 7.48. The molecule has 12 heteroatoms. The quantitative estimate of drug-likeness (QED) is 0.463. The van der Waals surface area contributed by atoms with Gasteiger partial charge in [-0.1, -0.05) is 32.1 Å². The monoisotopic (exact) mass is 587 g/mol.